The zero-order valence-corrected chi connectivity index (χ0v) is 11.1. The van der Waals surface area contributed by atoms with Gasteiger partial charge in [0.15, 0.2) is 0 Å². The monoisotopic (exact) mass is 268 g/mol. The van der Waals surface area contributed by atoms with Gasteiger partial charge in [-0.3, -0.25) is 4.79 Å². The van der Waals surface area contributed by atoms with Crippen LogP contribution < -0.4 is 11.1 Å². The topological polar surface area (TPSA) is 81.4 Å². The molecule has 0 saturated heterocycles. The maximum absolute atomic E-state index is 13.0. The van der Waals surface area contributed by atoms with Gasteiger partial charge in [-0.2, -0.15) is 0 Å². The lowest BCUT2D eigenvalue weighted by atomic mass is 10.0. The number of esters is 1. The van der Waals surface area contributed by atoms with E-state index in [1.54, 1.807) is 13.8 Å². The van der Waals surface area contributed by atoms with Crippen LogP contribution in [0.15, 0.2) is 18.2 Å². The normalized spacial score (nSPS) is 12.1. The number of nitrogens with two attached hydrogens (primary N) is 1. The Morgan fingerprint density at radius 1 is 1.37 bits per heavy atom. The van der Waals surface area contributed by atoms with E-state index in [-0.39, 0.29) is 17.2 Å². The van der Waals surface area contributed by atoms with Gasteiger partial charge in [0, 0.05) is 5.56 Å². The Bertz CT molecular complexity index is 489. The van der Waals surface area contributed by atoms with Gasteiger partial charge in [-0.05, 0) is 24.1 Å². The van der Waals surface area contributed by atoms with Gasteiger partial charge in [0.1, 0.15) is 11.9 Å². The summed E-state index contributed by atoms with van der Waals surface area (Å²) in [6.45, 7) is 3.56. The predicted octanol–water partition coefficient (Wildman–Crippen LogP) is 1.34. The molecule has 0 aliphatic carbocycles. The summed E-state index contributed by atoms with van der Waals surface area (Å²) in [5.41, 5.74) is 5.46. The molecule has 1 atom stereocenters. The molecule has 1 rings (SSSR count). The van der Waals surface area contributed by atoms with Gasteiger partial charge >= 0.3 is 5.97 Å². The Hall–Kier alpha value is -2.11. The van der Waals surface area contributed by atoms with E-state index < -0.39 is 23.7 Å². The number of benzene rings is 1. The zero-order valence-electron chi connectivity index (χ0n) is 11.1. The van der Waals surface area contributed by atoms with Crippen molar-refractivity contribution in [2.24, 2.45) is 5.92 Å². The molecule has 3 N–H and O–H groups in total. The largest absolute Gasteiger partial charge is 0.467 e. The van der Waals surface area contributed by atoms with Crippen molar-refractivity contribution in [3.05, 3.63) is 29.6 Å². The van der Waals surface area contributed by atoms with Gasteiger partial charge in [0.25, 0.3) is 5.91 Å². The van der Waals surface area contributed by atoms with E-state index in [9.17, 15) is 14.0 Å². The number of rotatable bonds is 4. The number of nitrogens with one attached hydrogen (secondary N) is 1. The van der Waals surface area contributed by atoms with Crippen molar-refractivity contribution >= 4 is 17.6 Å². The number of anilines is 1. The summed E-state index contributed by atoms with van der Waals surface area (Å²) < 4.78 is 17.6. The van der Waals surface area contributed by atoms with Crippen LogP contribution in [0.1, 0.15) is 24.2 Å². The molecule has 1 aromatic carbocycles. The molecule has 0 aromatic heterocycles. The fourth-order valence-corrected chi connectivity index (χ4v) is 1.53. The molecule has 0 aliphatic rings. The van der Waals surface area contributed by atoms with Crippen LogP contribution in [0.3, 0.4) is 0 Å². The molecule has 1 aromatic rings. The highest BCUT2D eigenvalue weighted by atomic mass is 19.1. The Morgan fingerprint density at radius 2 is 2.00 bits per heavy atom. The number of hydrogen-bond donors (Lipinski definition) is 2. The summed E-state index contributed by atoms with van der Waals surface area (Å²) in [7, 11) is 1.25. The van der Waals surface area contributed by atoms with E-state index >= 15 is 0 Å². The third-order valence-corrected chi connectivity index (χ3v) is 2.67. The molecule has 0 spiro atoms. The van der Waals surface area contributed by atoms with E-state index in [1.165, 1.54) is 19.2 Å². The predicted molar refractivity (Wildman–Crippen MR) is 68.9 cm³/mol. The second-order valence-electron chi connectivity index (χ2n) is 4.45. The average Bonchev–Trinajstić information content (AvgIpc) is 2.37. The average molecular weight is 268 g/mol. The van der Waals surface area contributed by atoms with E-state index in [1.807, 2.05) is 0 Å². The van der Waals surface area contributed by atoms with Crippen LogP contribution >= 0.6 is 0 Å². The molecule has 104 valence electrons. The third kappa shape index (κ3) is 3.67. The Kier molecular flexibility index (Phi) is 4.86. The minimum Gasteiger partial charge on any atom is -0.467 e. The first-order valence-corrected chi connectivity index (χ1v) is 5.80. The summed E-state index contributed by atoms with van der Waals surface area (Å²) in [6.07, 6.45) is 0. The number of nitrogen functional groups attached to an aromatic ring is 1. The van der Waals surface area contributed by atoms with Crippen LogP contribution in [0, 0.1) is 11.7 Å². The molecule has 0 bridgehead atoms. The number of halogens is 1. The van der Waals surface area contributed by atoms with Crippen molar-refractivity contribution in [1.82, 2.24) is 5.32 Å². The molecule has 0 radical (unpaired) electrons. The quantitative estimate of drug-likeness (QED) is 0.637. The number of carbonyl (C=O) groups is 2. The van der Waals surface area contributed by atoms with Gasteiger partial charge < -0.3 is 15.8 Å². The van der Waals surface area contributed by atoms with Gasteiger partial charge in [-0.25, -0.2) is 9.18 Å². The van der Waals surface area contributed by atoms with Crippen LogP contribution in [0.4, 0.5) is 10.1 Å². The van der Waals surface area contributed by atoms with Crippen molar-refractivity contribution < 1.29 is 18.7 Å². The van der Waals surface area contributed by atoms with Crippen molar-refractivity contribution in [3.8, 4) is 0 Å². The van der Waals surface area contributed by atoms with Crippen LogP contribution in [0.5, 0.6) is 0 Å². The second kappa shape index (κ2) is 6.17. The summed E-state index contributed by atoms with van der Waals surface area (Å²) >= 11 is 0. The summed E-state index contributed by atoms with van der Waals surface area (Å²) in [5, 5.41) is 2.54. The Labute approximate surface area is 110 Å². The number of ether oxygens (including phenoxy) is 1. The minimum absolute atomic E-state index is 0.119. The molecule has 6 heteroatoms. The highest BCUT2D eigenvalue weighted by molar-refractivity contribution is 5.97. The fourth-order valence-electron chi connectivity index (χ4n) is 1.53. The van der Waals surface area contributed by atoms with Crippen molar-refractivity contribution in [3.63, 3.8) is 0 Å². The third-order valence-electron chi connectivity index (χ3n) is 2.67. The van der Waals surface area contributed by atoms with Gasteiger partial charge in [0.2, 0.25) is 0 Å². The molecule has 19 heavy (non-hydrogen) atoms. The van der Waals surface area contributed by atoms with Gasteiger partial charge in [0.05, 0.1) is 12.8 Å². The molecular formula is C13H17FN2O3. The van der Waals surface area contributed by atoms with E-state index in [0.717, 1.165) is 6.07 Å². The first-order chi connectivity index (χ1) is 8.86. The number of amides is 1. The second-order valence-corrected chi connectivity index (χ2v) is 4.45. The van der Waals surface area contributed by atoms with E-state index in [4.69, 9.17) is 5.73 Å². The minimum atomic E-state index is -0.760. The lowest BCUT2D eigenvalue weighted by molar-refractivity contribution is -0.144. The molecule has 0 fully saturated rings. The van der Waals surface area contributed by atoms with Crippen LogP contribution in [-0.4, -0.2) is 25.0 Å². The number of carbonyl (C=O) groups excluding carboxylic acids is 2. The SMILES string of the molecule is COC(=O)C(NC(=O)c1ccc(F)c(N)c1)C(C)C. The van der Waals surface area contributed by atoms with E-state index in [0.29, 0.717) is 0 Å². The van der Waals surface area contributed by atoms with Crippen molar-refractivity contribution in [1.29, 1.82) is 0 Å². The summed E-state index contributed by atoms with van der Waals surface area (Å²) in [6, 6.07) is 2.87. The van der Waals surface area contributed by atoms with E-state index in [2.05, 4.69) is 10.1 Å². The Balaban J connectivity index is 2.87. The van der Waals surface area contributed by atoms with Crippen LogP contribution in [0.2, 0.25) is 0 Å². The molecule has 0 saturated carbocycles. The van der Waals surface area contributed by atoms with Gasteiger partial charge in [-0.1, -0.05) is 13.8 Å². The van der Waals surface area contributed by atoms with Crippen LogP contribution in [0.25, 0.3) is 0 Å². The lowest BCUT2D eigenvalue weighted by Gasteiger charge is -2.19. The molecule has 1 unspecified atom stereocenters. The summed E-state index contributed by atoms with van der Waals surface area (Å²) in [4.78, 5) is 23.5. The summed E-state index contributed by atoms with van der Waals surface area (Å²) in [5.74, 6) is -1.76. The standard InChI is InChI=1S/C13H17FN2O3/c1-7(2)11(13(18)19-3)16-12(17)8-4-5-9(14)10(15)6-8/h4-7,11H,15H2,1-3H3,(H,16,17). The number of methoxy groups -OCH3 is 1. The highest BCUT2D eigenvalue weighted by Crippen LogP contribution is 2.13. The van der Waals surface area contributed by atoms with Crippen molar-refractivity contribution in [2.75, 3.05) is 12.8 Å². The first-order valence-electron chi connectivity index (χ1n) is 5.80. The number of hydrogen-bond acceptors (Lipinski definition) is 4. The maximum atomic E-state index is 13.0. The molecule has 1 amide bonds. The molecule has 0 aliphatic heterocycles. The Morgan fingerprint density at radius 3 is 2.47 bits per heavy atom. The fraction of sp³-hybridized carbons (Fsp3) is 0.385. The zero-order chi connectivity index (χ0) is 14.6. The lowest BCUT2D eigenvalue weighted by Crippen LogP contribution is -2.45. The molecule has 0 heterocycles. The smallest absolute Gasteiger partial charge is 0.328 e. The van der Waals surface area contributed by atoms with Crippen molar-refractivity contribution in [2.45, 2.75) is 19.9 Å². The van der Waals surface area contributed by atoms with Crippen LogP contribution in [-0.2, 0) is 9.53 Å². The molecule has 5 nitrogen and oxygen atoms in total. The highest BCUT2D eigenvalue weighted by Gasteiger charge is 2.25. The maximum Gasteiger partial charge on any atom is 0.328 e. The molecular weight excluding hydrogens is 251 g/mol. The first kappa shape index (κ1) is 14.9. The van der Waals surface area contributed by atoms with Gasteiger partial charge in [-0.15, -0.1) is 0 Å².